The highest BCUT2D eigenvalue weighted by molar-refractivity contribution is 5.87. The van der Waals surface area contributed by atoms with Crippen LogP contribution in [0.15, 0.2) is 9.98 Å². The average molecular weight is 220 g/mol. The van der Waals surface area contributed by atoms with E-state index < -0.39 is 0 Å². The summed E-state index contributed by atoms with van der Waals surface area (Å²) in [6.07, 6.45) is 1.41. The van der Waals surface area contributed by atoms with Crippen LogP contribution in [0.4, 0.5) is 5.95 Å². The molecule has 0 unspecified atom stereocenters. The van der Waals surface area contributed by atoms with Crippen molar-refractivity contribution in [1.82, 2.24) is 20.2 Å². The minimum absolute atomic E-state index is 0.317. The normalized spacial score (nSPS) is 14.9. The van der Waals surface area contributed by atoms with Gasteiger partial charge in [-0.25, -0.2) is 20.0 Å². The van der Waals surface area contributed by atoms with Gasteiger partial charge in [-0.1, -0.05) is 0 Å². The predicted octanol–water partition coefficient (Wildman–Crippen LogP) is -0.569. The van der Waals surface area contributed by atoms with Crippen molar-refractivity contribution in [3.8, 4) is 0 Å². The van der Waals surface area contributed by atoms with E-state index in [4.69, 9.17) is 5.73 Å². The Morgan fingerprint density at radius 2 is 2.12 bits per heavy atom. The van der Waals surface area contributed by atoms with Crippen molar-refractivity contribution in [2.24, 2.45) is 15.7 Å². The highest BCUT2D eigenvalue weighted by atomic mass is 15.6. The highest BCUT2D eigenvalue weighted by Crippen LogP contribution is 2.04. The van der Waals surface area contributed by atoms with E-state index in [1.807, 2.05) is 13.8 Å². The summed E-state index contributed by atoms with van der Waals surface area (Å²) in [5.74, 6) is 0.690. The zero-order chi connectivity index (χ0) is 11.5. The summed E-state index contributed by atoms with van der Waals surface area (Å²) in [7, 11) is 0. The summed E-state index contributed by atoms with van der Waals surface area (Å²) in [5.41, 5.74) is 10.1. The van der Waals surface area contributed by atoms with E-state index >= 15 is 0 Å². The number of guanidine groups is 1. The van der Waals surface area contributed by atoms with Crippen LogP contribution in [0.5, 0.6) is 0 Å². The van der Waals surface area contributed by atoms with E-state index in [1.54, 1.807) is 0 Å². The Morgan fingerprint density at radius 1 is 1.31 bits per heavy atom. The molecule has 2 heterocycles. The first-order chi connectivity index (χ1) is 7.66. The number of aliphatic imine (C=N–C) groups is 2. The molecule has 0 aliphatic carbocycles. The molecule has 16 heavy (non-hydrogen) atoms. The zero-order valence-corrected chi connectivity index (χ0v) is 9.05. The molecule has 0 spiro atoms. The Bertz CT molecular complexity index is 451. The topological polar surface area (TPSA) is 105 Å². The summed E-state index contributed by atoms with van der Waals surface area (Å²) in [6, 6.07) is 0. The van der Waals surface area contributed by atoms with Gasteiger partial charge in [-0.15, -0.1) is 5.10 Å². The fraction of sp³-hybridized carbons (Fsp3) is 0.375. The zero-order valence-electron chi connectivity index (χ0n) is 9.05. The van der Waals surface area contributed by atoms with Crippen LogP contribution in [0.3, 0.4) is 0 Å². The van der Waals surface area contributed by atoms with E-state index in [2.05, 4.69) is 30.6 Å². The predicted molar refractivity (Wildman–Crippen MR) is 59.7 cm³/mol. The number of nitrogens with two attached hydrogens (primary N) is 1. The molecule has 0 atom stereocenters. The van der Waals surface area contributed by atoms with Gasteiger partial charge >= 0.3 is 0 Å². The van der Waals surface area contributed by atoms with Crippen molar-refractivity contribution in [3.63, 3.8) is 0 Å². The number of aromatic nitrogens is 3. The maximum absolute atomic E-state index is 5.64. The van der Waals surface area contributed by atoms with Crippen molar-refractivity contribution >= 4 is 18.2 Å². The second-order valence-electron chi connectivity index (χ2n) is 3.27. The molecule has 2 rings (SSSR count). The molecular formula is C8H12N8. The van der Waals surface area contributed by atoms with Crippen molar-refractivity contribution < 1.29 is 0 Å². The standard InChI is InChI=1S/C8H12N8/c1-5-6(2)13-14-8(12-5)15-16-4-10-3-11-7(16)9/h3H,4H2,1-2H3,(H2,9,10,11)(H,12,14,15). The molecule has 8 nitrogen and oxygen atoms in total. The SMILES string of the molecule is Cc1nnc(NN2CN=CN=C2N)nc1C. The summed E-state index contributed by atoms with van der Waals surface area (Å²) in [4.78, 5) is 12.0. The number of nitrogens with zero attached hydrogens (tertiary/aromatic N) is 6. The van der Waals surface area contributed by atoms with E-state index in [1.165, 1.54) is 11.3 Å². The van der Waals surface area contributed by atoms with E-state index in [0.717, 1.165) is 11.4 Å². The Hall–Kier alpha value is -2.25. The first kappa shape index (κ1) is 10.3. The molecule has 0 radical (unpaired) electrons. The van der Waals surface area contributed by atoms with Gasteiger partial charge in [0.15, 0.2) is 0 Å². The maximum Gasteiger partial charge on any atom is 0.261 e. The number of hydrogen-bond acceptors (Lipinski definition) is 8. The lowest BCUT2D eigenvalue weighted by atomic mass is 10.4. The molecule has 0 fully saturated rings. The van der Waals surface area contributed by atoms with Crippen molar-refractivity contribution in [2.45, 2.75) is 13.8 Å². The molecule has 1 aliphatic heterocycles. The van der Waals surface area contributed by atoms with Crippen molar-refractivity contribution in [3.05, 3.63) is 11.4 Å². The highest BCUT2D eigenvalue weighted by Gasteiger charge is 2.11. The van der Waals surface area contributed by atoms with Gasteiger partial charge < -0.3 is 5.73 Å². The Balaban J connectivity index is 2.12. The first-order valence-electron chi connectivity index (χ1n) is 4.70. The van der Waals surface area contributed by atoms with E-state index in [0.29, 0.717) is 18.6 Å². The third-order valence-electron chi connectivity index (χ3n) is 2.10. The minimum atomic E-state index is 0.317. The van der Waals surface area contributed by atoms with Gasteiger partial charge in [0.25, 0.3) is 5.95 Å². The van der Waals surface area contributed by atoms with Gasteiger partial charge in [0.2, 0.25) is 5.96 Å². The summed E-state index contributed by atoms with van der Waals surface area (Å²) in [6.45, 7) is 4.08. The lowest BCUT2D eigenvalue weighted by Crippen LogP contribution is -2.43. The van der Waals surface area contributed by atoms with Crippen LogP contribution in [0.25, 0.3) is 0 Å². The molecule has 8 heteroatoms. The quantitative estimate of drug-likeness (QED) is 0.691. The van der Waals surface area contributed by atoms with Crippen LogP contribution < -0.4 is 11.2 Å². The Morgan fingerprint density at radius 3 is 2.81 bits per heavy atom. The minimum Gasteiger partial charge on any atom is -0.368 e. The van der Waals surface area contributed by atoms with Crippen LogP contribution >= 0.6 is 0 Å². The molecule has 0 aromatic carbocycles. The molecule has 0 bridgehead atoms. The number of hydrogen-bond donors (Lipinski definition) is 2. The number of aryl methyl sites for hydroxylation is 2. The summed E-state index contributed by atoms with van der Waals surface area (Å²) >= 11 is 0. The van der Waals surface area contributed by atoms with Crippen molar-refractivity contribution in [1.29, 1.82) is 0 Å². The lowest BCUT2D eigenvalue weighted by Gasteiger charge is -2.23. The number of hydrazine groups is 1. The maximum atomic E-state index is 5.64. The van der Waals surface area contributed by atoms with Crippen molar-refractivity contribution in [2.75, 3.05) is 12.1 Å². The third-order valence-corrected chi connectivity index (χ3v) is 2.10. The number of rotatable bonds is 2. The largest absolute Gasteiger partial charge is 0.368 e. The van der Waals surface area contributed by atoms with Crippen LogP contribution in [0.1, 0.15) is 11.4 Å². The van der Waals surface area contributed by atoms with Gasteiger partial charge in [0.05, 0.1) is 11.4 Å². The Kier molecular flexibility index (Phi) is 2.63. The smallest absolute Gasteiger partial charge is 0.261 e. The van der Waals surface area contributed by atoms with Gasteiger partial charge in [0.1, 0.15) is 13.0 Å². The van der Waals surface area contributed by atoms with Crippen LogP contribution in [-0.4, -0.2) is 39.2 Å². The van der Waals surface area contributed by atoms with Crippen LogP contribution in [0, 0.1) is 13.8 Å². The summed E-state index contributed by atoms with van der Waals surface area (Å²) in [5, 5.41) is 9.37. The third kappa shape index (κ3) is 2.05. The lowest BCUT2D eigenvalue weighted by molar-refractivity contribution is 0.495. The number of anilines is 1. The van der Waals surface area contributed by atoms with E-state index in [9.17, 15) is 0 Å². The van der Waals surface area contributed by atoms with E-state index in [-0.39, 0.29) is 0 Å². The van der Waals surface area contributed by atoms with Gasteiger partial charge in [0, 0.05) is 0 Å². The second-order valence-corrected chi connectivity index (χ2v) is 3.27. The Labute approximate surface area is 92.3 Å². The first-order valence-corrected chi connectivity index (χ1v) is 4.70. The van der Waals surface area contributed by atoms with Gasteiger partial charge in [-0.05, 0) is 13.8 Å². The molecule has 0 saturated carbocycles. The van der Waals surface area contributed by atoms with Crippen LogP contribution in [-0.2, 0) is 0 Å². The molecule has 3 N–H and O–H groups in total. The summed E-state index contributed by atoms with van der Waals surface area (Å²) < 4.78 is 0. The average Bonchev–Trinajstić information content (AvgIpc) is 2.27. The monoisotopic (exact) mass is 220 g/mol. The molecule has 1 aromatic rings. The molecule has 84 valence electrons. The van der Waals surface area contributed by atoms with Crippen LogP contribution in [0.2, 0.25) is 0 Å². The molecule has 1 aromatic heterocycles. The number of nitrogens with one attached hydrogen (secondary N) is 1. The molecule has 0 amide bonds. The van der Waals surface area contributed by atoms with Gasteiger partial charge in [-0.2, -0.15) is 5.10 Å². The fourth-order valence-electron chi connectivity index (χ4n) is 1.08. The van der Waals surface area contributed by atoms with Gasteiger partial charge in [-0.3, -0.25) is 5.43 Å². The second kappa shape index (κ2) is 4.09. The molecular weight excluding hydrogens is 208 g/mol. The molecule has 1 aliphatic rings. The fourth-order valence-corrected chi connectivity index (χ4v) is 1.08. The molecule has 0 saturated heterocycles.